The molecule has 0 rings (SSSR count). The molecule has 7 amide bonds. The molecule has 0 bridgehead atoms. The zero-order valence-corrected chi connectivity index (χ0v) is 31.1. The molecule has 19 nitrogen and oxygen atoms in total. The normalized spacial score (nSPS) is 15.8. The topological polar surface area (TPSA) is 327 Å². The van der Waals surface area contributed by atoms with Crippen LogP contribution in [-0.2, 0) is 38.4 Å². The van der Waals surface area contributed by atoms with E-state index in [-0.39, 0.29) is 17.9 Å². The fraction of sp³-hybridized carbons (Fsp3) is 0.733. The fourth-order valence-electron chi connectivity index (χ4n) is 4.46. The van der Waals surface area contributed by atoms with Gasteiger partial charge in [-0.05, 0) is 37.6 Å². The van der Waals surface area contributed by atoms with Crippen LogP contribution in [0.15, 0.2) is 0 Å². The Morgan fingerprint density at radius 3 is 1.57 bits per heavy atom. The summed E-state index contributed by atoms with van der Waals surface area (Å²) in [6.45, 7) is 6.09. The molecule has 0 saturated carbocycles. The van der Waals surface area contributed by atoms with E-state index in [0.29, 0.717) is 25.8 Å². The Hall–Kier alpha value is -3.66. The fourth-order valence-corrected chi connectivity index (χ4v) is 4.98. The lowest BCUT2D eigenvalue weighted by Crippen LogP contribution is -2.61. The number of thiol groups is 2. The Morgan fingerprint density at radius 2 is 1.12 bits per heavy atom. The van der Waals surface area contributed by atoms with Crippen molar-refractivity contribution < 1.29 is 48.6 Å². The van der Waals surface area contributed by atoms with Gasteiger partial charge in [0.15, 0.2) is 0 Å². The zero-order valence-electron chi connectivity index (χ0n) is 29.3. The first-order valence-corrected chi connectivity index (χ1v) is 17.8. The minimum atomic E-state index is -1.60. The van der Waals surface area contributed by atoms with E-state index in [0.717, 1.165) is 0 Å². The van der Waals surface area contributed by atoms with Gasteiger partial charge in [0.05, 0.1) is 19.1 Å². The molecule has 0 aliphatic heterocycles. The standard InChI is InChI=1S/C30H55N9O10S2/c1-5-15(4)23(29(47)35-18(11-40)30(48)49)39-28(46)22(14(2)3)38-27(45)20(13-51)37-25(43)17(8-6-7-9-31)34-26(44)19(12-50)36-24(42)16(32)10-21(33)41/h14-20,22-23,40,50-51H,5-13,31-32H2,1-4H3,(H2,33,41)(H,34,44)(H,35,47)(H,36,42)(H,37,43)(H,38,45)(H,39,46)(H,48,49). The van der Waals surface area contributed by atoms with Crippen LogP contribution >= 0.6 is 25.3 Å². The van der Waals surface area contributed by atoms with Gasteiger partial charge in [-0.3, -0.25) is 33.6 Å². The number of hydrogen-bond acceptors (Lipinski definition) is 13. The molecule has 51 heavy (non-hydrogen) atoms. The zero-order chi connectivity index (χ0) is 39.4. The quantitative estimate of drug-likeness (QED) is 0.0311. The summed E-state index contributed by atoms with van der Waals surface area (Å²) in [6.07, 6.45) is 0.950. The van der Waals surface area contributed by atoms with E-state index in [9.17, 15) is 48.6 Å². The highest BCUT2D eigenvalue weighted by Crippen LogP contribution is 2.11. The summed E-state index contributed by atoms with van der Waals surface area (Å²) in [5.41, 5.74) is 16.3. The summed E-state index contributed by atoms with van der Waals surface area (Å²) >= 11 is 8.27. The molecule has 8 unspecified atom stereocenters. The van der Waals surface area contributed by atoms with E-state index in [1.807, 2.05) is 0 Å². The van der Waals surface area contributed by atoms with Gasteiger partial charge in [-0.2, -0.15) is 25.3 Å². The van der Waals surface area contributed by atoms with Crippen molar-refractivity contribution in [1.29, 1.82) is 0 Å². The van der Waals surface area contributed by atoms with Crippen LogP contribution in [0.1, 0.15) is 59.8 Å². The summed E-state index contributed by atoms with van der Waals surface area (Å²) in [5, 5.41) is 33.2. The highest BCUT2D eigenvalue weighted by Gasteiger charge is 2.35. The van der Waals surface area contributed by atoms with E-state index in [4.69, 9.17) is 17.2 Å². The third-order valence-corrected chi connectivity index (χ3v) is 8.54. The van der Waals surface area contributed by atoms with E-state index in [2.05, 4.69) is 57.2 Å². The number of unbranched alkanes of at least 4 members (excludes halogenated alkanes) is 1. The van der Waals surface area contributed by atoms with Crippen molar-refractivity contribution in [2.75, 3.05) is 24.7 Å². The molecule has 0 aromatic carbocycles. The van der Waals surface area contributed by atoms with Gasteiger partial charge in [0.2, 0.25) is 41.4 Å². The lowest BCUT2D eigenvalue weighted by Gasteiger charge is -2.30. The number of nitrogens with two attached hydrogens (primary N) is 3. The number of carbonyl (C=O) groups is 8. The number of nitrogens with one attached hydrogen (secondary N) is 6. The molecule has 0 fully saturated rings. The second kappa shape index (κ2) is 24.5. The first-order valence-electron chi connectivity index (χ1n) is 16.5. The van der Waals surface area contributed by atoms with Gasteiger partial charge in [-0.25, -0.2) is 4.79 Å². The first kappa shape index (κ1) is 47.3. The Kier molecular flexibility index (Phi) is 22.8. The SMILES string of the molecule is CCC(C)C(NC(=O)C(NC(=O)C(CS)NC(=O)C(CCCCN)NC(=O)C(CS)NC(=O)C(N)CC(N)=O)C(C)C)C(=O)NC(CO)C(=O)O. The summed E-state index contributed by atoms with van der Waals surface area (Å²) in [6, 6.07) is -9.10. The molecule has 14 N–H and O–H groups in total. The Morgan fingerprint density at radius 1 is 0.667 bits per heavy atom. The predicted octanol–water partition coefficient (Wildman–Crippen LogP) is -4.13. The highest BCUT2D eigenvalue weighted by atomic mass is 32.1. The molecule has 0 spiro atoms. The van der Waals surface area contributed by atoms with Crippen molar-refractivity contribution in [3.63, 3.8) is 0 Å². The van der Waals surface area contributed by atoms with Crippen molar-refractivity contribution in [3.8, 4) is 0 Å². The number of carboxylic acid groups (broad SMARTS) is 1. The maximum Gasteiger partial charge on any atom is 0.328 e. The van der Waals surface area contributed by atoms with Crippen LogP contribution in [0.3, 0.4) is 0 Å². The number of aliphatic hydroxyl groups excluding tert-OH is 1. The van der Waals surface area contributed by atoms with Crippen LogP contribution in [0.25, 0.3) is 0 Å². The maximum absolute atomic E-state index is 13.4. The first-order chi connectivity index (χ1) is 23.9. The van der Waals surface area contributed by atoms with Crippen molar-refractivity contribution in [1.82, 2.24) is 31.9 Å². The minimum Gasteiger partial charge on any atom is -0.480 e. The third kappa shape index (κ3) is 16.9. The van der Waals surface area contributed by atoms with E-state index in [1.54, 1.807) is 27.7 Å². The summed E-state index contributed by atoms with van der Waals surface area (Å²) in [4.78, 5) is 101. The Labute approximate surface area is 308 Å². The van der Waals surface area contributed by atoms with Crippen LogP contribution in [0.5, 0.6) is 0 Å². The van der Waals surface area contributed by atoms with Gasteiger partial charge in [0, 0.05) is 11.5 Å². The smallest absolute Gasteiger partial charge is 0.328 e. The molecule has 292 valence electrons. The van der Waals surface area contributed by atoms with E-state index < -0.39 is 114 Å². The number of aliphatic carboxylic acids is 1. The molecule has 0 heterocycles. The van der Waals surface area contributed by atoms with Gasteiger partial charge >= 0.3 is 5.97 Å². The molecule has 0 aliphatic rings. The second-order valence-corrected chi connectivity index (χ2v) is 13.0. The number of amides is 7. The van der Waals surface area contributed by atoms with Crippen LogP contribution in [-0.4, -0.2) is 124 Å². The molecule has 0 saturated heterocycles. The Balaban J connectivity index is 5.92. The third-order valence-electron chi connectivity index (χ3n) is 7.81. The van der Waals surface area contributed by atoms with Crippen molar-refractivity contribution in [2.24, 2.45) is 29.0 Å². The van der Waals surface area contributed by atoms with Crippen LogP contribution in [0.2, 0.25) is 0 Å². The van der Waals surface area contributed by atoms with Crippen molar-refractivity contribution in [2.45, 2.75) is 102 Å². The average Bonchev–Trinajstić information content (AvgIpc) is 3.07. The lowest BCUT2D eigenvalue weighted by molar-refractivity contribution is -0.143. The van der Waals surface area contributed by atoms with E-state index >= 15 is 0 Å². The van der Waals surface area contributed by atoms with Crippen molar-refractivity contribution in [3.05, 3.63) is 0 Å². The molecule has 21 heteroatoms. The minimum absolute atomic E-state index is 0.0964. The maximum atomic E-state index is 13.4. The number of rotatable bonds is 25. The highest BCUT2D eigenvalue weighted by molar-refractivity contribution is 7.80. The van der Waals surface area contributed by atoms with Gasteiger partial charge in [0.1, 0.15) is 36.3 Å². The van der Waals surface area contributed by atoms with Crippen molar-refractivity contribution >= 4 is 72.6 Å². The number of primary amides is 1. The molecular weight excluding hydrogens is 711 g/mol. The van der Waals surface area contributed by atoms with Gasteiger partial charge < -0.3 is 59.3 Å². The largest absolute Gasteiger partial charge is 0.480 e. The van der Waals surface area contributed by atoms with Crippen LogP contribution in [0, 0.1) is 11.8 Å². The number of hydrogen-bond donors (Lipinski definition) is 13. The monoisotopic (exact) mass is 765 g/mol. The molecule has 0 aromatic rings. The second-order valence-electron chi connectivity index (χ2n) is 12.3. The van der Waals surface area contributed by atoms with Gasteiger partial charge in [-0.1, -0.05) is 34.1 Å². The molecule has 0 radical (unpaired) electrons. The number of carbonyl (C=O) groups excluding carboxylic acids is 7. The predicted molar refractivity (Wildman–Crippen MR) is 193 cm³/mol. The summed E-state index contributed by atoms with van der Waals surface area (Å²) in [7, 11) is 0. The number of aliphatic hydroxyl groups is 1. The van der Waals surface area contributed by atoms with E-state index in [1.165, 1.54) is 0 Å². The van der Waals surface area contributed by atoms with Crippen LogP contribution in [0.4, 0.5) is 0 Å². The molecule has 8 atom stereocenters. The summed E-state index contributed by atoms with van der Waals surface area (Å²) in [5.74, 6) is -8.53. The molecule has 0 aliphatic carbocycles. The van der Waals surface area contributed by atoms with Gasteiger partial charge in [0.25, 0.3) is 0 Å². The average molecular weight is 766 g/mol. The van der Waals surface area contributed by atoms with Crippen LogP contribution < -0.4 is 49.1 Å². The van der Waals surface area contributed by atoms with Gasteiger partial charge in [-0.15, -0.1) is 0 Å². The summed E-state index contributed by atoms with van der Waals surface area (Å²) < 4.78 is 0. The molecule has 0 aromatic heterocycles. The number of carboxylic acids is 1. The molecular formula is C30H55N9O10S2. The Bertz CT molecular complexity index is 1210. The lowest BCUT2D eigenvalue weighted by atomic mass is 9.96.